The average Bonchev–Trinajstić information content (AvgIpc) is 2.67. The molecule has 3 heteroatoms. The molecule has 1 N–H and O–H groups in total. The molecule has 0 bridgehead atoms. The van der Waals surface area contributed by atoms with Crippen LogP contribution < -0.4 is 0 Å². The molecule has 3 rings (SSSR count). The topological polar surface area (TPSA) is 46.5 Å². The second-order valence-electron chi connectivity index (χ2n) is 6.68. The standard InChI is InChI=1S/C23H22O3/c1-23(2,18-11-4-3-5-12-18)26-22(20-14-8-9-15-21(20)25)19-13-7-6-10-17(19)16-24/h3-16,22,25H,1-2H3. The van der Waals surface area contributed by atoms with E-state index in [4.69, 9.17) is 4.74 Å². The van der Waals surface area contributed by atoms with Gasteiger partial charge in [0.25, 0.3) is 0 Å². The predicted octanol–water partition coefficient (Wildman–Crippen LogP) is 5.25. The first-order chi connectivity index (χ1) is 12.5. The zero-order valence-corrected chi connectivity index (χ0v) is 14.9. The van der Waals surface area contributed by atoms with E-state index in [1.807, 2.05) is 74.5 Å². The summed E-state index contributed by atoms with van der Waals surface area (Å²) in [5.41, 5.74) is 2.30. The molecule has 0 radical (unpaired) electrons. The van der Waals surface area contributed by atoms with Gasteiger partial charge in [-0.25, -0.2) is 0 Å². The molecule has 0 saturated heterocycles. The molecule has 3 aromatic carbocycles. The Labute approximate surface area is 153 Å². The molecule has 1 unspecified atom stereocenters. The molecule has 3 nitrogen and oxygen atoms in total. The highest BCUT2D eigenvalue weighted by Gasteiger charge is 2.30. The Balaban J connectivity index is 2.10. The lowest BCUT2D eigenvalue weighted by atomic mass is 9.93. The highest BCUT2D eigenvalue weighted by atomic mass is 16.5. The van der Waals surface area contributed by atoms with Gasteiger partial charge in [0.1, 0.15) is 18.1 Å². The van der Waals surface area contributed by atoms with Crippen molar-refractivity contribution < 1.29 is 14.6 Å². The summed E-state index contributed by atoms with van der Waals surface area (Å²) < 4.78 is 6.50. The third-order valence-corrected chi connectivity index (χ3v) is 4.51. The van der Waals surface area contributed by atoms with E-state index < -0.39 is 11.7 Å². The third kappa shape index (κ3) is 3.68. The Morgan fingerprint density at radius 3 is 2.08 bits per heavy atom. The van der Waals surface area contributed by atoms with Gasteiger partial charge in [-0.15, -0.1) is 0 Å². The average molecular weight is 346 g/mol. The van der Waals surface area contributed by atoms with Gasteiger partial charge in [0.15, 0.2) is 0 Å². The quantitative estimate of drug-likeness (QED) is 0.620. The summed E-state index contributed by atoms with van der Waals surface area (Å²) in [6, 6.07) is 24.3. The van der Waals surface area contributed by atoms with Gasteiger partial charge in [-0.05, 0) is 31.0 Å². The van der Waals surface area contributed by atoms with Crippen LogP contribution in [0, 0.1) is 0 Å². The molecule has 0 saturated carbocycles. The molecule has 1 atom stereocenters. The van der Waals surface area contributed by atoms with Crippen molar-refractivity contribution in [2.45, 2.75) is 25.6 Å². The maximum absolute atomic E-state index is 11.6. The SMILES string of the molecule is CC(C)(OC(c1ccccc1O)c1ccccc1C=O)c1ccccc1. The van der Waals surface area contributed by atoms with E-state index in [0.717, 1.165) is 17.4 Å². The molecule has 132 valence electrons. The van der Waals surface area contributed by atoms with Gasteiger partial charge in [-0.2, -0.15) is 0 Å². The van der Waals surface area contributed by atoms with Crippen LogP contribution in [-0.2, 0) is 10.3 Å². The fourth-order valence-corrected chi connectivity index (χ4v) is 3.06. The van der Waals surface area contributed by atoms with E-state index in [-0.39, 0.29) is 5.75 Å². The van der Waals surface area contributed by atoms with Crippen LogP contribution >= 0.6 is 0 Å². The molecule has 0 amide bonds. The Hall–Kier alpha value is -2.91. The van der Waals surface area contributed by atoms with Crippen LogP contribution in [0.1, 0.15) is 47.0 Å². The number of ether oxygens (including phenoxy) is 1. The number of hydrogen-bond acceptors (Lipinski definition) is 3. The first kappa shape index (κ1) is 17.9. The number of aldehydes is 1. The molecule has 0 aliphatic rings. The van der Waals surface area contributed by atoms with Crippen LogP contribution in [-0.4, -0.2) is 11.4 Å². The summed E-state index contributed by atoms with van der Waals surface area (Å²) >= 11 is 0. The first-order valence-corrected chi connectivity index (χ1v) is 8.58. The van der Waals surface area contributed by atoms with Crippen molar-refractivity contribution in [1.29, 1.82) is 0 Å². The molecular weight excluding hydrogens is 324 g/mol. The van der Waals surface area contributed by atoms with E-state index in [9.17, 15) is 9.90 Å². The number of phenolic OH excluding ortho intramolecular Hbond substituents is 1. The highest BCUT2D eigenvalue weighted by molar-refractivity contribution is 5.77. The summed E-state index contributed by atoms with van der Waals surface area (Å²) in [6.45, 7) is 3.97. The second kappa shape index (κ2) is 7.54. The van der Waals surface area contributed by atoms with Gasteiger partial charge in [-0.1, -0.05) is 72.8 Å². The number of phenols is 1. The lowest BCUT2D eigenvalue weighted by molar-refractivity contribution is -0.0614. The van der Waals surface area contributed by atoms with Gasteiger partial charge in [-0.3, -0.25) is 4.79 Å². The summed E-state index contributed by atoms with van der Waals surface area (Å²) in [7, 11) is 0. The van der Waals surface area contributed by atoms with Crippen LogP contribution in [0.5, 0.6) is 5.75 Å². The number of aromatic hydroxyl groups is 1. The summed E-state index contributed by atoms with van der Waals surface area (Å²) in [5, 5.41) is 10.4. The maximum atomic E-state index is 11.6. The number of carbonyl (C=O) groups excluding carboxylic acids is 1. The van der Waals surface area contributed by atoms with Gasteiger partial charge >= 0.3 is 0 Å². The molecule has 26 heavy (non-hydrogen) atoms. The largest absolute Gasteiger partial charge is 0.508 e. The maximum Gasteiger partial charge on any atom is 0.150 e. The van der Waals surface area contributed by atoms with E-state index in [1.54, 1.807) is 18.2 Å². The molecule has 0 aliphatic heterocycles. The van der Waals surface area contributed by atoms with Crippen molar-refractivity contribution in [1.82, 2.24) is 0 Å². The van der Waals surface area contributed by atoms with Crippen LogP contribution in [0.2, 0.25) is 0 Å². The second-order valence-corrected chi connectivity index (χ2v) is 6.68. The molecule has 3 aromatic rings. The monoisotopic (exact) mass is 346 g/mol. The van der Waals surface area contributed by atoms with Gasteiger partial charge in [0.2, 0.25) is 0 Å². The minimum absolute atomic E-state index is 0.141. The highest BCUT2D eigenvalue weighted by Crippen LogP contribution is 2.39. The van der Waals surface area contributed by atoms with Crippen LogP contribution in [0.4, 0.5) is 0 Å². The number of rotatable bonds is 6. The lowest BCUT2D eigenvalue weighted by Gasteiger charge is -2.32. The summed E-state index contributed by atoms with van der Waals surface area (Å²) in [5.74, 6) is 0.141. The number of hydrogen-bond donors (Lipinski definition) is 1. The summed E-state index contributed by atoms with van der Waals surface area (Å²) in [4.78, 5) is 11.6. The van der Waals surface area contributed by atoms with Crippen molar-refractivity contribution in [3.63, 3.8) is 0 Å². The minimum Gasteiger partial charge on any atom is -0.508 e. The Morgan fingerprint density at radius 1 is 0.846 bits per heavy atom. The van der Waals surface area contributed by atoms with Crippen molar-refractivity contribution in [3.8, 4) is 5.75 Å². The van der Waals surface area contributed by atoms with Crippen molar-refractivity contribution >= 4 is 6.29 Å². The van der Waals surface area contributed by atoms with Gasteiger partial charge < -0.3 is 9.84 Å². The number of para-hydroxylation sites is 1. The van der Waals surface area contributed by atoms with E-state index in [1.165, 1.54) is 0 Å². The summed E-state index contributed by atoms with van der Waals surface area (Å²) in [6.07, 6.45) is 0.245. The number of carbonyl (C=O) groups is 1. The van der Waals surface area contributed by atoms with Gasteiger partial charge in [0, 0.05) is 11.1 Å². The normalized spacial score (nSPS) is 12.5. The lowest BCUT2D eigenvalue weighted by Crippen LogP contribution is -2.25. The zero-order chi connectivity index (χ0) is 18.6. The Morgan fingerprint density at radius 2 is 1.42 bits per heavy atom. The molecule has 0 aromatic heterocycles. The van der Waals surface area contributed by atoms with E-state index in [0.29, 0.717) is 11.1 Å². The smallest absolute Gasteiger partial charge is 0.150 e. The molecule has 0 aliphatic carbocycles. The first-order valence-electron chi connectivity index (χ1n) is 8.58. The molecule has 0 heterocycles. The molecule has 0 fully saturated rings. The van der Waals surface area contributed by atoms with Crippen LogP contribution in [0.3, 0.4) is 0 Å². The van der Waals surface area contributed by atoms with Crippen molar-refractivity contribution in [2.24, 2.45) is 0 Å². The van der Waals surface area contributed by atoms with E-state index in [2.05, 4.69) is 0 Å². The van der Waals surface area contributed by atoms with Gasteiger partial charge in [0.05, 0.1) is 5.60 Å². The third-order valence-electron chi connectivity index (χ3n) is 4.51. The fraction of sp³-hybridized carbons (Fsp3) is 0.174. The van der Waals surface area contributed by atoms with E-state index >= 15 is 0 Å². The fourth-order valence-electron chi connectivity index (χ4n) is 3.06. The van der Waals surface area contributed by atoms with Crippen molar-refractivity contribution in [2.75, 3.05) is 0 Å². The molecule has 0 spiro atoms. The Bertz CT molecular complexity index is 885. The zero-order valence-electron chi connectivity index (χ0n) is 14.9. The Kier molecular flexibility index (Phi) is 5.19. The molecular formula is C23H22O3. The van der Waals surface area contributed by atoms with Crippen molar-refractivity contribution in [3.05, 3.63) is 101 Å². The predicted molar refractivity (Wildman–Crippen MR) is 102 cm³/mol. The minimum atomic E-state index is -0.621. The number of benzene rings is 3. The van der Waals surface area contributed by atoms with Crippen LogP contribution in [0.15, 0.2) is 78.9 Å². The van der Waals surface area contributed by atoms with Crippen LogP contribution in [0.25, 0.3) is 0 Å².